The molecule has 41 heavy (non-hydrogen) atoms. The number of methoxy groups -OCH3 is 1. The molecular formula is C29H30F3N5O4. The van der Waals surface area contributed by atoms with Gasteiger partial charge in [0.05, 0.1) is 25.7 Å². The molecule has 1 saturated heterocycles. The van der Waals surface area contributed by atoms with Gasteiger partial charge in [0.2, 0.25) is 0 Å². The Morgan fingerprint density at radius 2 is 1.90 bits per heavy atom. The molecule has 1 fully saturated rings. The monoisotopic (exact) mass is 569 g/mol. The number of carbonyl (C=O) groups is 2. The van der Waals surface area contributed by atoms with Crippen LogP contribution in [0.2, 0.25) is 0 Å². The van der Waals surface area contributed by atoms with Crippen molar-refractivity contribution >= 4 is 23.4 Å². The number of rotatable bonds is 10. The van der Waals surface area contributed by atoms with Crippen LogP contribution in [0.1, 0.15) is 39.8 Å². The minimum Gasteiger partial charge on any atom is -0.469 e. The van der Waals surface area contributed by atoms with Crippen molar-refractivity contribution in [2.24, 2.45) is 0 Å². The standard InChI is InChI=1S/C29H30F3N5O4/c1-40-25(38)9-5-6-15-37(19-20-7-3-2-4-8-20)28(39)23-17-34-27(24-18-33-14-16-41-24)36-26(23)35-22-12-10-21(11-13-22)29(30,31)32/h2-8,10-13,17,24,33H,9,14-16,18-19H2,1H3,(H,34,35,36)/b6-5+. The van der Waals surface area contributed by atoms with Gasteiger partial charge in [0.15, 0.2) is 5.82 Å². The highest BCUT2D eigenvalue weighted by molar-refractivity contribution is 5.99. The zero-order chi connectivity index (χ0) is 29.2. The number of anilines is 2. The van der Waals surface area contributed by atoms with Crippen LogP contribution in [-0.2, 0) is 27.0 Å². The van der Waals surface area contributed by atoms with Crippen LogP contribution in [0.3, 0.4) is 0 Å². The van der Waals surface area contributed by atoms with E-state index in [1.54, 1.807) is 17.1 Å². The number of hydrogen-bond donors (Lipinski definition) is 2. The number of ether oxygens (including phenoxy) is 2. The molecule has 0 aliphatic carbocycles. The molecule has 2 heterocycles. The number of nitrogens with zero attached hydrogens (tertiary/aromatic N) is 3. The average molecular weight is 570 g/mol. The number of halogens is 3. The summed E-state index contributed by atoms with van der Waals surface area (Å²) in [5.74, 6) is -0.366. The number of esters is 1. The number of hydrogen-bond acceptors (Lipinski definition) is 8. The Morgan fingerprint density at radius 1 is 1.15 bits per heavy atom. The molecule has 1 aromatic heterocycles. The quantitative estimate of drug-likeness (QED) is 0.268. The fourth-order valence-corrected chi connectivity index (χ4v) is 4.07. The summed E-state index contributed by atoms with van der Waals surface area (Å²) in [4.78, 5) is 35.9. The third kappa shape index (κ3) is 8.35. The molecule has 1 amide bonds. The van der Waals surface area contributed by atoms with Crippen LogP contribution in [0.4, 0.5) is 24.7 Å². The topological polar surface area (TPSA) is 106 Å². The Bertz CT molecular complexity index is 1340. The van der Waals surface area contributed by atoms with E-state index >= 15 is 0 Å². The second kappa shape index (κ2) is 13.9. The summed E-state index contributed by atoms with van der Waals surface area (Å²) in [5.41, 5.74) is 0.512. The van der Waals surface area contributed by atoms with Gasteiger partial charge >= 0.3 is 12.1 Å². The first-order valence-corrected chi connectivity index (χ1v) is 12.9. The lowest BCUT2D eigenvalue weighted by Crippen LogP contribution is -2.35. The SMILES string of the molecule is COC(=O)C/C=C/CN(Cc1ccccc1)C(=O)c1cnc(C2CNCCO2)nc1Nc1ccc(C(F)(F)F)cc1. The van der Waals surface area contributed by atoms with E-state index in [2.05, 4.69) is 25.3 Å². The van der Waals surface area contributed by atoms with Gasteiger partial charge in [0.25, 0.3) is 5.91 Å². The van der Waals surface area contributed by atoms with Gasteiger partial charge in [0, 0.05) is 38.1 Å². The Labute approximate surface area is 235 Å². The zero-order valence-electron chi connectivity index (χ0n) is 22.4. The maximum Gasteiger partial charge on any atom is 0.416 e. The van der Waals surface area contributed by atoms with Gasteiger partial charge in [-0.15, -0.1) is 0 Å². The largest absolute Gasteiger partial charge is 0.469 e. The molecule has 0 bridgehead atoms. The Hall–Kier alpha value is -4.29. The van der Waals surface area contributed by atoms with E-state index in [9.17, 15) is 22.8 Å². The third-order valence-electron chi connectivity index (χ3n) is 6.24. The van der Waals surface area contributed by atoms with Crippen molar-refractivity contribution in [1.29, 1.82) is 0 Å². The summed E-state index contributed by atoms with van der Waals surface area (Å²) in [6.07, 6.45) is -0.180. The molecule has 216 valence electrons. The van der Waals surface area contributed by atoms with E-state index in [0.29, 0.717) is 31.2 Å². The lowest BCUT2D eigenvalue weighted by molar-refractivity contribution is -0.139. The third-order valence-corrected chi connectivity index (χ3v) is 6.24. The molecule has 3 aromatic rings. The van der Waals surface area contributed by atoms with Crippen LogP contribution >= 0.6 is 0 Å². The first-order chi connectivity index (χ1) is 19.7. The van der Waals surface area contributed by atoms with E-state index in [0.717, 1.165) is 17.7 Å². The highest BCUT2D eigenvalue weighted by Crippen LogP contribution is 2.31. The van der Waals surface area contributed by atoms with E-state index in [4.69, 9.17) is 4.74 Å². The van der Waals surface area contributed by atoms with Crippen molar-refractivity contribution in [3.8, 4) is 0 Å². The number of alkyl halides is 3. The van der Waals surface area contributed by atoms with Crippen molar-refractivity contribution in [2.45, 2.75) is 25.2 Å². The molecule has 9 nitrogen and oxygen atoms in total. The van der Waals surface area contributed by atoms with Gasteiger partial charge in [-0.25, -0.2) is 9.97 Å². The van der Waals surface area contributed by atoms with E-state index in [1.807, 2.05) is 30.3 Å². The highest BCUT2D eigenvalue weighted by Gasteiger charge is 2.30. The lowest BCUT2D eigenvalue weighted by Gasteiger charge is -2.25. The maximum absolute atomic E-state index is 13.9. The first kappa shape index (κ1) is 29.7. The number of carbonyl (C=O) groups excluding carboxylic acids is 2. The molecule has 1 unspecified atom stereocenters. The van der Waals surface area contributed by atoms with Crippen LogP contribution < -0.4 is 10.6 Å². The molecule has 4 rings (SSSR count). The predicted octanol–water partition coefficient (Wildman–Crippen LogP) is 4.66. The van der Waals surface area contributed by atoms with E-state index in [-0.39, 0.29) is 30.9 Å². The van der Waals surface area contributed by atoms with Gasteiger partial charge in [-0.05, 0) is 29.8 Å². The summed E-state index contributed by atoms with van der Waals surface area (Å²) < 4.78 is 49.7. The fourth-order valence-electron chi connectivity index (χ4n) is 4.07. The number of aromatic nitrogens is 2. The Balaban J connectivity index is 1.66. The molecular weight excluding hydrogens is 539 g/mol. The molecule has 0 radical (unpaired) electrons. The van der Waals surface area contributed by atoms with Gasteiger partial charge < -0.3 is 25.0 Å². The molecule has 1 aliphatic heterocycles. The molecule has 0 saturated carbocycles. The Kier molecular flexibility index (Phi) is 10.0. The first-order valence-electron chi connectivity index (χ1n) is 12.9. The maximum atomic E-state index is 13.9. The number of nitrogens with one attached hydrogen (secondary N) is 2. The summed E-state index contributed by atoms with van der Waals surface area (Å²) >= 11 is 0. The van der Waals surface area contributed by atoms with Gasteiger partial charge in [-0.2, -0.15) is 13.2 Å². The molecule has 2 aromatic carbocycles. The fraction of sp³-hybridized carbons (Fsp3) is 0.310. The number of amides is 1. The van der Waals surface area contributed by atoms with E-state index in [1.165, 1.54) is 25.4 Å². The lowest BCUT2D eigenvalue weighted by atomic mass is 10.1. The van der Waals surface area contributed by atoms with Crippen molar-refractivity contribution in [1.82, 2.24) is 20.2 Å². The van der Waals surface area contributed by atoms with Gasteiger partial charge in [0.1, 0.15) is 17.5 Å². The molecule has 1 atom stereocenters. The smallest absolute Gasteiger partial charge is 0.416 e. The zero-order valence-corrected chi connectivity index (χ0v) is 22.4. The molecule has 0 spiro atoms. The minimum absolute atomic E-state index is 0.0534. The van der Waals surface area contributed by atoms with Crippen LogP contribution in [0.5, 0.6) is 0 Å². The van der Waals surface area contributed by atoms with Crippen LogP contribution in [0.15, 0.2) is 72.9 Å². The number of morpholine rings is 1. The normalized spacial score (nSPS) is 15.5. The van der Waals surface area contributed by atoms with Crippen LogP contribution in [0, 0.1) is 0 Å². The van der Waals surface area contributed by atoms with Crippen LogP contribution in [-0.4, -0.2) is 60.1 Å². The molecule has 12 heteroatoms. The second-order valence-corrected chi connectivity index (χ2v) is 9.18. The van der Waals surface area contributed by atoms with Crippen molar-refractivity contribution in [3.63, 3.8) is 0 Å². The summed E-state index contributed by atoms with van der Waals surface area (Å²) in [6, 6.07) is 13.8. The average Bonchev–Trinajstić information content (AvgIpc) is 2.99. The van der Waals surface area contributed by atoms with Gasteiger partial charge in [-0.3, -0.25) is 9.59 Å². The summed E-state index contributed by atoms with van der Waals surface area (Å²) in [5, 5.41) is 6.20. The predicted molar refractivity (Wildman–Crippen MR) is 145 cm³/mol. The summed E-state index contributed by atoms with van der Waals surface area (Å²) in [7, 11) is 1.30. The van der Waals surface area contributed by atoms with Crippen molar-refractivity contribution in [2.75, 3.05) is 38.7 Å². The van der Waals surface area contributed by atoms with E-state index < -0.39 is 29.7 Å². The van der Waals surface area contributed by atoms with Crippen molar-refractivity contribution < 1.29 is 32.2 Å². The van der Waals surface area contributed by atoms with Crippen LogP contribution in [0.25, 0.3) is 0 Å². The Morgan fingerprint density at radius 3 is 2.56 bits per heavy atom. The number of benzene rings is 2. The minimum atomic E-state index is -4.48. The molecule has 2 N–H and O–H groups in total. The van der Waals surface area contributed by atoms with Crippen molar-refractivity contribution in [3.05, 3.63) is 95.5 Å². The highest BCUT2D eigenvalue weighted by atomic mass is 19.4. The molecule has 1 aliphatic rings. The van der Waals surface area contributed by atoms with Gasteiger partial charge in [-0.1, -0.05) is 42.5 Å². The summed E-state index contributed by atoms with van der Waals surface area (Å²) in [6.45, 7) is 2.03. The second-order valence-electron chi connectivity index (χ2n) is 9.18.